The Labute approximate surface area is 123 Å². The summed E-state index contributed by atoms with van der Waals surface area (Å²) in [6, 6.07) is 1.71. The standard InChI is InChI=1S/C15H20N2O4/c1-20-13-9-16-8-7-12(13)14(18)17-11-5-3-10(4-6-11)15(19)21-2/h7-11H,3-6H2,1-2H3,(H,17,18). The fourth-order valence-corrected chi connectivity index (χ4v) is 2.63. The number of amides is 1. The van der Waals surface area contributed by atoms with Crippen LogP contribution in [0, 0.1) is 5.92 Å². The van der Waals surface area contributed by atoms with Gasteiger partial charge in [-0.3, -0.25) is 14.6 Å². The molecule has 1 aromatic heterocycles. The van der Waals surface area contributed by atoms with Crippen LogP contribution in [0.1, 0.15) is 36.0 Å². The molecule has 1 aliphatic rings. The van der Waals surface area contributed by atoms with Gasteiger partial charge in [0.05, 0.1) is 31.9 Å². The number of methoxy groups -OCH3 is 2. The maximum absolute atomic E-state index is 12.3. The van der Waals surface area contributed by atoms with Crippen molar-refractivity contribution in [2.45, 2.75) is 31.7 Å². The summed E-state index contributed by atoms with van der Waals surface area (Å²) in [5, 5.41) is 2.99. The van der Waals surface area contributed by atoms with Gasteiger partial charge in [0, 0.05) is 12.2 Å². The number of rotatable bonds is 4. The molecule has 0 radical (unpaired) electrons. The van der Waals surface area contributed by atoms with Gasteiger partial charge in [0.25, 0.3) is 5.91 Å². The van der Waals surface area contributed by atoms with Crippen LogP contribution in [0.15, 0.2) is 18.5 Å². The van der Waals surface area contributed by atoms with Crippen LogP contribution < -0.4 is 10.1 Å². The van der Waals surface area contributed by atoms with Crippen molar-refractivity contribution < 1.29 is 19.1 Å². The highest BCUT2D eigenvalue weighted by molar-refractivity contribution is 5.96. The van der Waals surface area contributed by atoms with E-state index in [9.17, 15) is 9.59 Å². The summed E-state index contributed by atoms with van der Waals surface area (Å²) < 4.78 is 9.89. The van der Waals surface area contributed by atoms with E-state index in [4.69, 9.17) is 9.47 Å². The Hall–Kier alpha value is -2.11. The third kappa shape index (κ3) is 3.71. The smallest absolute Gasteiger partial charge is 0.308 e. The third-order valence-electron chi connectivity index (χ3n) is 3.85. The average molecular weight is 292 g/mol. The summed E-state index contributed by atoms with van der Waals surface area (Å²) in [7, 11) is 2.92. The highest BCUT2D eigenvalue weighted by Crippen LogP contribution is 2.26. The predicted octanol–water partition coefficient (Wildman–Crippen LogP) is 1.55. The second-order valence-corrected chi connectivity index (χ2v) is 5.12. The first-order chi connectivity index (χ1) is 10.2. The molecule has 1 fully saturated rings. The molecule has 114 valence electrons. The Morgan fingerprint density at radius 1 is 1.24 bits per heavy atom. The zero-order valence-corrected chi connectivity index (χ0v) is 12.3. The summed E-state index contributed by atoms with van der Waals surface area (Å²) >= 11 is 0. The Morgan fingerprint density at radius 3 is 2.57 bits per heavy atom. The number of ether oxygens (including phenoxy) is 2. The van der Waals surface area contributed by atoms with Gasteiger partial charge in [0.1, 0.15) is 5.75 Å². The maximum Gasteiger partial charge on any atom is 0.308 e. The lowest BCUT2D eigenvalue weighted by Crippen LogP contribution is -2.39. The molecule has 1 saturated carbocycles. The normalized spacial score (nSPS) is 21.4. The summed E-state index contributed by atoms with van der Waals surface area (Å²) in [6.07, 6.45) is 6.11. The number of hydrogen-bond acceptors (Lipinski definition) is 5. The Bertz CT molecular complexity index is 510. The fraction of sp³-hybridized carbons (Fsp3) is 0.533. The van der Waals surface area contributed by atoms with E-state index in [0.29, 0.717) is 11.3 Å². The molecule has 1 aliphatic carbocycles. The molecule has 6 heteroatoms. The molecule has 1 aromatic rings. The minimum atomic E-state index is -0.171. The number of carbonyl (C=O) groups excluding carboxylic acids is 2. The van der Waals surface area contributed by atoms with Gasteiger partial charge in [-0.25, -0.2) is 0 Å². The minimum absolute atomic E-state index is 0.0430. The van der Waals surface area contributed by atoms with Crippen LogP contribution in [0.5, 0.6) is 5.75 Å². The molecule has 6 nitrogen and oxygen atoms in total. The Balaban J connectivity index is 1.91. The van der Waals surface area contributed by atoms with Crippen LogP contribution >= 0.6 is 0 Å². The van der Waals surface area contributed by atoms with Crippen molar-refractivity contribution in [2.24, 2.45) is 5.92 Å². The molecule has 0 unspecified atom stereocenters. The molecule has 0 atom stereocenters. The number of carbonyl (C=O) groups is 2. The van der Waals surface area contributed by atoms with E-state index in [1.165, 1.54) is 20.4 Å². The van der Waals surface area contributed by atoms with Crippen molar-refractivity contribution in [1.82, 2.24) is 10.3 Å². The second-order valence-electron chi connectivity index (χ2n) is 5.12. The van der Waals surface area contributed by atoms with Crippen LogP contribution in [0.2, 0.25) is 0 Å². The largest absolute Gasteiger partial charge is 0.494 e. The third-order valence-corrected chi connectivity index (χ3v) is 3.85. The summed E-state index contributed by atoms with van der Waals surface area (Å²) in [5.74, 6) is 0.0863. The zero-order chi connectivity index (χ0) is 15.2. The highest BCUT2D eigenvalue weighted by Gasteiger charge is 2.28. The van der Waals surface area contributed by atoms with Crippen molar-refractivity contribution >= 4 is 11.9 Å². The lowest BCUT2D eigenvalue weighted by atomic mass is 9.86. The molecule has 0 bridgehead atoms. The summed E-state index contributed by atoms with van der Waals surface area (Å²) in [5.41, 5.74) is 0.475. The molecule has 0 saturated heterocycles. The molecule has 1 N–H and O–H groups in total. The van der Waals surface area contributed by atoms with Crippen molar-refractivity contribution in [1.29, 1.82) is 0 Å². The minimum Gasteiger partial charge on any atom is -0.494 e. The van der Waals surface area contributed by atoms with E-state index in [0.717, 1.165) is 25.7 Å². The summed E-state index contributed by atoms with van der Waals surface area (Å²) in [6.45, 7) is 0. The monoisotopic (exact) mass is 292 g/mol. The van der Waals surface area contributed by atoms with E-state index in [-0.39, 0.29) is 23.8 Å². The lowest BCUT2D eigenvalue weighted by molar-refractivity contribution is -0.146. The first kappa shape index (κ1) is 15.3. The molecule has 0 aliphatic heterocycles. The topological polar surface area (TPSA) is 77.5 Å². The van der Waals surface area contributed by atoms with Crippen molar-refractivity contribution in [3.05, 3.63) is 24.0 Å². The van der Waals surface area contributed by atoms with Gasteiger partial charge < -0.3 is 14.8 Å². The van der Waals surface area contributed by atoms with E-state index in [1.54, 1.807) is 12.3 Å². The molecule has 21 heavy (non-hydrogen) atoms. The van der Waals surface area contributed by atoms with Gasteiger partial charge in [0.2, 0.25) is 0 Å². The quantitative estimate of drug-likeness (QED) is 0.852. The van der Waals surface area contributed by atoms with Gasteiger partial charge >= 0.3 is 5.97 Å². The number of aromatic nitrogens is 1. The number of hydrogen-bond donors (Lipinski definition) is 1. The van der Waals surface area contributed by atoms with Gasteiger partial charge in [-0.1, -0.05) is 0 Å². The molecular formula is C15H20N2O4. The Morgan fingerprint density at radius 2 is 1.95 bits per heavy atom. The number of nitrogens with one attached hydrogen (secondary N) is 1. The predicted molar refractivity (Wildman–Crippen MR) is 76.0 cm³/mol. The van der Waals surface area contributed by atoms with Gasteiger partial charge in [0.15, 0.2) is 0 Å². The summed E-state index contributed by atoms with van der Waals surface area (Å²) in [4.78, 5) is 27.6. The maximum atomic E-state index is 12.3. The molecular weight excluding hydrogens is 272 g/mol. The van der Waals surface area contributed by atoms with Gasteiger partial charge in [-0.2, -0.15) is 0 Å². The van der Waals surface area contributed by atoms with Crippen molar-refractivity contribution in [3.63, 3.8) is 0 Å². The van der Waals surface area contributed by atoms with Crippen LogP contribution in [-0.2, 0) is 9.53 Å². The SMILES string of the molecule is COC(=O)C1CCC(NC(=O)c2ccncc2OC)CC1. The van der Waals surface area contributed by atoms with Crippen LogP contribution in [0.4, 0.5) is 0 Å². The lowest BCUT2D eigenvalue weighted by Gasteiger charge is -2.27. The van der Waals surface area contributed by atoms with Gasteiger partial charge in [-0.05, 0) is 31.7 Å². The first-order valence-electron chi connectivity index (χ1n) is 7.02. The fourth-order valence-electron chi connectivity index (χ4n) is 2.63. The molecule has 0 spiro atoms. The molecule has 2 rings (SSSR count). The van der Waals surface area contributed by atoms with Crippen LogP contribution in [0.3, 0.4) is 0 Å². The number of esters is 1. The zero-order valence-electron chi connectivity index (χ0n) is 12.3. The van der Waals surface area contributed by atoms with Gasteiger partial charge in [-0.15, -0.1) is 0 Å². The van der Waals surface area contributed by atoms with E-state index in [1.807, 2.05) is 0 Å². The van der Waals surface area contributed by atoms with Crippen LogP contribution in [0.25, 0.3) is 0 Å². The molecule has 1 heterocycles. The average Bonchev–Trinajstić information content (AvgIpc) is 2.54. The van der Waals surface area contributed by atoms with Crippen molar-refractivity contribution in [3.8, 4) is 5.75 Å². The molecule has 0 aromatic carbocycles. The Kier molecular flexibility index (Phi) is 5.14. The number of pyridine rings is 1. The van der Waals surface area contributed by atoms with E-state index < -0.39 is 0 Å². The van der Waals surface area contributed by atoms with Crippen molar-refractivity contribution in [2.75, 3.05) is 14.2 Å². The number of nitrogens with zero attached hydrogens (tertiary/aromatic N) is 1. The van der Waals surface area contributed by atoms with E-state index >= 15 is 0 Å². The first-order valence-corrected chi connectivity index (χ1v) is 7.02. The molecule has 1 amide bonds. The highest BCUT2D eigenvalue weighted by atomic mass is 16.5. The second kappa shape index (κ2) is 7.06. The van der Waals surface area contributed by atoms with Crippen LogP contribution in [-0.4, -0.2) is 37.1 Å². The van der Waals surface area contributed by atoms with E-state index in [2.05, 4.69) is 10.3 Å².